The van der Waals surface area contributed by atoms with Gasteiger partial charge in [-0.25, -0.2) is 13.1 Å². The maximum atomic E-state index is 12.6. The summed E-state index contributed by atoms with van der Waals surface area (Å²) in [4.78, 5) is 18.1. The third-order valence-electron chi connectivity index (χ3n) is 4.55. The molecular formula is C19H23N3O3S. The first-order valence-electron chi connectivity index (χ1n) is 8.79. The fourth-order valence-electron chi connectivity index (χ4n) is 3.08. The van der Waals surface area contributed by atoms with E-state index in [1.165, 1.54) is 0 Å². The molecule has 0 bridgehead atoms. The van der Waals surface area contributed by atoms with Crippen LogP contribution in [0.4, 0.5) is 0 Å². The van der Waals surface area contributed by atoms with Crippen LogP contribution < -0.4 is 4.72 Å². The van der Waals surface area contributed by atoms with E-state index in [0.29, 0.717) is 25.9 Å². The van der Waals surface area contributed by atoms with Gasteiger partial charge in [-0.3, -0.25) is 9.78 Å². The molecule has 1 aliphatic rings. The molecule has 6 nitrogen and oxygen atoms in total. The zero-order chi connectivity index (χ0) is 18.6. The quantitative estimate of drug-likeness (QED) is 0.839. The highest BCUT2D eigenvalue weighted by molar-refractivity contribution is 7.89. The summed E-state index contributed by atoms with van der Waals surface area (Å²) in [6.07, 6.45) is 3.44. The van der Waals surface area contributed by atoms with Crippen LogP contribution in [0.3, 0.4) is 0 Å². The Balaban J connectivity index is 1.69. The van der Waals surface area contributed by atoms with E-state index in [1.54, 1.807) is 23.2 Å². The summed E-state index contributed by atoms with van der Waals surface area (Å²) in [5, 5.41) is 0. The molecule has 1 aromatic carbocycles. The van der Waals surface area contributed by atoms with E-state index in [9.17, 15) is 13.2 Å². The van der Waals surface area contributed by atoms with E-state index in [1.807, 2.05) is 31.2 Å². The van der Waals surface area contributed by atoms with Crippen molar-refractivity contribution in [1.82, 2.24) is 14.6 Å². The molecule has 0 aliphatic carbocycles. The van der Waals surface area contributed by atoms with Crippen LogP contribution in [0.2, 0.25) is 0 Å². The molecule has 1 N–H and O–H groups in total. The fraction of sp³-hybridized carbons (Fsp3) is 0.368. The summed E-state index contributed by atoms with van der Waals surface area (Å²) in [5.74, 6) is 0.0948. The second kappa shape index (κ2) is 7.97. The summed E-state index contributed by atoms with van der Waals surface area (Å²) in [6.45, 7) is 3.29. The van der Waals surface area contributed by atoms with Gasteiger partial charge in [-0.1, -0.05) is 19.1 Å². The monoisotopic (exact) mass is 373 g/mol. The van der Waals surface area contributed by atoms with Gasteiger partial charge in [0.15, 0.2) is 0 Å². The molecule has 0 radical (unpaired) electrons. The van der Waals surface area contributed by atoms with Crippen molar-refractivity contribution in [3.05, 3.63) is 59.4 Å². The number of aromatic nitrogens is 1. The minimum Gasteiger partial charge on any atom is -0.338 e. The number of benzene rings is 1. The van der Waals surface area contributed by atoms with Gasteiger partial charge in [0.25, 0.3) is 0 Å². The topological polar surface area (TPSA) is 79.4 Å². The Bertz CT molecular complexity index is 882. The lowest BCUT2D eigenvalue weighted by Crippen LogP contribution is -2.35. The number of hydrogen-bond donors (Lipinski definition) is 1. The highest BCUT2D eigenvalue weighted by Crippen LogP contribution is 2.23. The smallest absolute Gasteiger partial charge is 0.240 e. The Morgan fingerprint density at radius 3 is 2.81 bits per heavy atom. The first kappa shape index (κ1) is 18.5. The number of amides is 1. The average Bonchev–Trinajstić information content (AvgIpc) is 2.67. The molecule has 2 heterocycles. The molecule has 1 amide bonds. The number of nitrogens with one attached hydrogen (secondary N) is 1. The van der Waals surface area contributed by atoms with Gasteiger partial charge in [0.05, 0.1) is 4.90 Å². The Morgan fingerprint density at radius 2 is 2.08 bits per heavy atom. The molecule has 0 fully saturated rings. The van der Waals surface area contributed by atoms with Crippen LogP contribution in [0, 0.1) is 0 Å². The Morgan fingerprint density at radius 1 is 1.23 bits per heavy atom. The number of carbonyl (C=O) groups excluding carboxylic acids is 1. The van der Waals surface area contributed by atoms with Crippen molar-refractivity contribution in [1.29, 1.82) is 0 Å². The summed E-state index contributed by atoms with van der Waals surface area (Å²) in [6, 6.07) is 10.8. The van der Waals surface area contributed by atoms with Gasteiger partial charge < -0.3 is 4.90 Å². The van der Waals surface area contributed by atoms with Crippen molar-refractivity contribution in [3.63, 3.8) is 0 Å². The molecule has 0 saturated carbocycles. The third kappa shape index (κ3) is 4.28. The van der Waals surface area contributed by atoms with Crippen molar-refractivity contribution < 1.29 is 13.2 Å². The molecule has 0 saturated heterocycles. The fourth-order valence-corrected chi connectivity index (χ4v) is 4.16. The highest BCUT2D eigenvalue weighted by atomic mass is 32.2. The molecule has 0 unspecified atom stereocenters. The molecule has 3 rings (SSSR count). The number of rotatable bonds is 6. The maximum absolute atomic E-state index is 12.6. The Kier molecular flexibility index (Phi) is 5.68. The average molecular weight is 373 g/mol. The molecule has 2 aromatic rings. The van der Waals surface area contributed by atoms with Crippen LogP contribution in [0.25, 0.3) is 0 Å². The zero-order valence-electron chi connectivity index (χ0n) is 14.8. The number of carbonyl (C=O) groups is 1. The number of fused-ring (bicyclic) bond motifs is 1. The van der Waals surface area contributed by atoms with Crippen LogP contribution >= 0.6 is 0 Å². The zero-order valence-corrected chi connectivity index (χ0v) is 15.6. The minimum atomic E-state index is -3.59. The number of pyridine rings is 1. The Hall–Kier alpha value is -2.25. The molecule has 1 aromatic heterocycles. The van der Waals surface area contributed by atoms with E-state index in [4.69, 9.17) is 0 Å². The van der Waals surface area contributed by atoms with Crippen LogP contribution in [-0.4, -0.2) is 37.3 Å². The molecule has 1 aliphatic heterocycles. The van der Waals surface area contributed by atoms with Crippen molar-refractivity contribution in [2.45, 2.75) is 37.6 Å². The lowest BCUT2D eigenvalue weighted by molar-refractivity contribution is -0.131. The van der Waals surface area contributed by atoms with Crippen LogP contribution in [0.5, 0.6) is 0 Å². The maximum Gasteiger partial charge on any atom is 0.240 e. The van der Waals surface area contributed by atoms with E-state index < -0.39 is 10.0 Å². The number of nitrogens with zero attached hydrogens (tertiary/aromatic N) is 2. The van der Waals surface area contributed by atoms with Crippen molar-refractivity contribution >= 4 is 15.9 Å². The van der Waals surface area contributed by atoms with Gasteiger partial charge in [-0.05, 0) is 41.8 Å². The lowest BCUT2D eigenvalue weighted by atomic mass is 10.00. The van der Waals surface area contributed by atoms with Gasteiger partial charge in [0.1, 0.15) is 0 Å². The molecular weight excluding hydrogens is 350 g/mol. The standard InChI is InChI=1S/C19H23N3O3S/c1-2-19(23)22-12-9-15-6-7-18(13-16(15)14-22)26(24,25)21-11-8-17-5-3-4-10-20-17/h3-7,10,13,21H,2,8-9,11-12,14H2,1H3. The molecule has 26 heavy (non-hydrogen) atoms. The van der Waals surface area contributed by atoms with Gasteiger partial charge in [0.2, 0.25) is 15.9 Å². The normalized spacial score (nSPS) is 14.1. The van der Waals surface area contributed by atoms with Gasteiger partial charge in [-0.15, -0.1) is 0 Å². The van der Waals surface area contributed by atoms with Crippen LogP contribution in [0.1, 0.15) is 30.2 Å². The second-order valence-corrected chi connectivity index (χ2v) is 8.09. The van der Waals surface area contributed by atoms with Gasteiger partial charge >= 0.3 is 0 Å². The van der Waals surface area contributed by atoms with Crippen molar-refractivity contribution in [2.24, 2.45) is 0 Å². The first-order chi connectivity index (χ1) is 12.5. The SMILES string of the molecule is CCC(=O)N1CCc2ccc(S(=O)(=O)NCCc3ccccn3)cc2C1. The van der Waals surface area contributed by atoms with Crippen LogP contribution in [0.15, 0.2) is 47.5 Å². The predicted molar refractivity (Wildman–Crippen MR) is 99.0 cm³/mol. The van der Waals surface area contributed by atoms with Gasteiger partial charge in [0, 0.05) is 44.4 Å². The third-order valence-corrected chi connectivity index (χ3v) is 6.01. The molecule has 0 atom stereocenters. The van der Waals surface area contributed by atoms with E-state index in [2.05, 4.69) is 9.71 Å². The first-order valence-corrected chi connectivity index (χ1v) is 10.3. The molecule has 7 heteroatoms. The van der Waals surface area contributed by atoms with E-state index in [0.717, 1.165) is 23.2 Å². The Labute approximate surface area is 154 Å². The number of hydrogen-bond acceptors (Lipinski definition) is 4. The highest BCUT2D eigenvalue weighted by Gasteiger charge is 2.22. The van der Waals surface area contributed by atoms with Crippen molar-refractivity contribution in [3.8, 4) is 0 Å². The summed E-state index contributed by atoms with van der Waals surface area (Å²) in [7, 11) is -3.59. The van der Waals surface area contributed by atoms with E-state index in [-0.39, 0.29) is 17.3 Å². The predicted octanol–water partition coefficient (Wildman–Crippen LogP) is 1.90. The molecule has 0 spiro atoms. The minimum absolute atomic E-state index is 0.0948. The summed E-state index contributed by atoms with van der Waals surface area (Å²) in [5.41, 5.74) is 2.86. The van der Waals surface area contributed by atoms with Crippen molar-refractivity contribution in [2.75, 3.05) is 13.1 Å². The summed E-state index contributed by atoms with van der Waals surface area (Å²) >= 11 is 0. The summed E-state index contributed by atoms with van der Waals surface area (Å²) < 4.78 is 27.8. The number of sulfonamides is 1. The largest absolute Gasteiger partial charge is 0.338 e. The van der Waals surface area contributed by atoms with Gasteiger partial charge in [-0.2, -0.15) is 0 Å². The second-order valence-electron chi connectivity index (χ2n) is 6.32. The lowest BCUT2D eigenvalue weighted by Gasteiger charge is -2.29. The molecule has 138 valence electrons. The van der Waals surface area contributed by atoms with E-state index >= 15 is 0 Å². The van der Waals surface area contributed by atoms with Crippen LogP contribution in [-0.2, 0) is 34.2 Å².